The molecule has 0 heterocycles. The Balaban J connectivity index is 2.17. The van der Waals surface area contributed by atoms with Gasteiger partial charge in [-0.2, -0.15) is 4.31 Å². The number of carbonyl (C=O) groups excluding carboxylic acids is 1. The highest BCUT2D eigenvalue weighted by Crippen LogP contribution is 2.29. The van der Waals surface area contributed by atoms with E-state index in [1.807, 2.05) is 22.6 Å². The van der Waals surface area contributed by atoms with Crippen LogP contribution in [0.15, 0.2) is 77.7 Å². The Hall–Kier alpha value is -2.10. The summed E-state index contributed by atoms with van der Waals surface area (Å²) in [4.78, 5) is 13.3. The summed E-state index contributed by atoms with van der Waals surface area (Å²) < 4.78 is 33.3. The first kappa shape index (κ1) is 20.6. The number of ether oxygens (including phenoxy) is 1. The quantitative estimate of drug-likeness (QED) is 0.439. The molecule has 0 fully saturated rings. The molecule has 0 radical (unpaired) electrons. The molecule has 3 rings (SSSR count). The summed E-state index contributed by atoms with van der Waals surface area (Å²) in [6, 6.07) is 18.8. The van der Waals surface area contributed by atoms with Crippen molar-refractivity contribution in [1.29, 1.82) is 0 Å². The maximum Gasteiger partial charge on any atom is 0.273 e. The summed E-state index contributed by atoms with van der Waals surface area (Å²) in [6.07, 6.45) is 0. The number of halogens is 2. The van der Waals surface area contributed by atoms with Crippen molar-refractivity contribution in [2.24, 2.45) is 0 Å². The van der Waals surface area contributed by atoms with E-state index >= 15 is 0 Å². The zero-order valence-electron chi connectivity index (χ0n) is 14.7. The van der Waals surface area contributed by atoms with Gasteiger partial charge in [-0.25, -0.2) is 8.42 Å². The van der Waals surface area contributed by atoms with Gasteiger partial charge in [0, 0.05) is 8.59 Å². The Bertz CT molecular complexity index is 1100. The molecule has 0 unspecified atom stereocenters. The van der Waals surface area contributed by atoms with E-state index in [9.17, 15) is 13.2 Å². The minimum absolute atomic E-state index is 0.0352. The van der Waals surface area contributed by atoms with Crippen molar-refractivity contribution in [2.45, 2.75) is 4.90 Å². The van der Waals surface area contributed by atoms with Gasteiger partial charge in [0.15, 0.2) is 0 Å². The molecule has 0 aliphatic rings. The number of rotatable bonds is 5. The predicted octanol–water partition coefficient (Wildman–Crippen LogP) is 4.99. The van der Waals surface area contributed by atoms with E-state index in [2.05, 4.69) is 0 Å². The third kappa shape index (κ3) is 4.16. The van der Waals surface area contributed by atoms with E-state index in [1.165, 1.54) is 43.5 Å². The van der Waals surface area contributed by atoms with Crippen LogP contribution in [0.1, 0.15) is 10.4 Å². The molecule has 0 bridgehead atoms. The fourth-order valence-corrected chi connectivity index (χ4v) is 4.69. The molecule has 3 aromatic rings. The van der Waals surface area contributed by atoms with Gasteiger partial charge in [0.1, 0.15) is 5.75 Å². The lowest BCUT2D eigenvalue weighted by atomic mass is 10.2. The molecular weight excluding hydrogens is 513 g/mol. The van der Waals surface area contributed by atoms with E-state index in [-0.39, 0.29) is 16.1 Å². The lowest BCUT2D eigenvalue weighted by Crippen LogP contribution is -2.37. The van der Waals surface area contributed by atoms with E-state index in [0.29, 0.717) is 14.3 Å². The summed E-state index contributed by atoms with van der Waals surface area (Å²) >= 11 is 7.89. The van der Waals surface area contributed by atoms with Crippen LogP contribution < -0.4 is 9.04 Å². The first-order valence-corrected chi connectivity index (χ1v) is 11.0. The number of sulfonamides is 1. The monoisotopic (exact) mass is 527 g/mol. The molecule has 5 nitrogen and oxygen atoms in total. The fourth-order valence-electron chi connectivity index (χ4n) is 2.54. The maximum absolute atomic E-state index is 13.4. The van der Waals surface area contributed by atoms with Crippen molar-refractivity contribution in [3.05, 3.63) is 87.0 Å². The van der Waals surface area contributed by atoms with Crippen LogP contribution in [0.2, 0.25) is 5.02 Å². The largest absolute Gasteiger partial charge is 0.497 e. The highest BCUT2D eigenvalue weighted by molar-refractivity contribution is 14.1. The van der Waals surface area contributed by atoms with Gasteiger partial charge in [0.2, 0.25) is 0 Å². The predicted molar refractivity (Wildman–Crippen MR) is 118 cm³/mol. The molecule has 3 aromatic carbocycles. The van der Waals surface area contributed by atoms with Crippen LogP contribution in [-0.2, 0) is 10.0 Å². The number of carbonyl (C=O) groups is 1. The van der Waals surface area contributed by atoms with Crippen LogP contribution >= 0.6 is 34.2 Å². The molecule has 0 aliphatic carbocycles. The summed E-state index contributed by atoms with van der Waals surface area (Å²) in [7, 11) is -2.66. The van der Waals surface area contributed by atoms with Crippen LogP contribution in [-0.4, -0.2) is 21.4 Å². The highest BCUT2D eigenvalue weighted by Gasteiger charge is 2.32. The lowest BCUT2D eigenvalue weighted by molar-refractivity contribution is 0.100. The number of anilines is 1. The second-order valence-electron chi connectivity index (χ2n) is 5.71. The Labute approximate surface area is 182 Å². The van der Waals surface area contributed by atoms with Crippen LogP contribution in [0.25, 0.3) is 0 Å². The Morgan fingerprint density at radius 3 is 2.14 bits per heavy atom. The average molecular weight is 528 g/mol. The van der Waals surface area contributed by atoms with Crippen molar-refractivity contribution in [3.8, 4) is 5.75 Å². The van der Waals surface area contributed by atoms with Gasteiger partial charge < -0.3 is 4.74 Å². The van der Waals surface area contributed by atoms with Gasteiger partial charge in [-0.1, -0.05) is 23.7 Å². The van der Waals surface area contributed by atoms with Crippen molar-refractivity contribution in [2.75, 3.05) is 11.4 Å². The summed E-state index contributed by atoms with van der Waals surface area (Å²) in [6.45, 7) is 0. The third-order valence-electron chi connectivity index (χ3n) is 3.95. The molecule has 28 heavy (non-hydrogen) atoms. The standard InChI is InChI=1S/C20H15ClINO4S/c1-27-16-10-8-15(9-11-16)23(20(24)18-4-2-3-5-19(18)22)28(25,26)17-12-6-14(21)7-13-17/h2-13H,1H3. The van der Waals surface area contributed by atoms with Crippen molar-refractivity contribution >= 4 is 55.8 Å². The maximum atomic E-state index is 13.4. The van der Waals surface area contributed by atoms with Gasteiger partial charge in [-0.15, -0.1) is 0 Å². The summed E-state index contributed by atoms with van der Waals surface area (Å²) in [5, 5.41) is 0.402. The molecular formula is C20H15ClINO4S. The van der Waals surface area contributed by atoms with E-state index in [4.69, 9.17) is 16.3 Å². The van der Waals surface area contributed by atoms with Crippen LogP contribution in [0.4, 0.5) is 5.69 Å². The van der Waals surface area contributed by atoms with E-state index < -0.39 is 15.9 Å². The average Bonchev–Trinajstić information content (AvgIpc) is 2.69. The molecule has 1 amide bonds. The Morgan fingerprint density at radius 2 is 1.57 bits per heavy atom. The van der Waals surface area contributed by atoms with Gasteiger partial charge in [0.25, 0.3) is 15.9 Å². The topological polar surface area (TPSA) is 63.7 Å². The zero-order chi connectivity index (χ0) is 20.3. The minimum Gasteiger partial charge on any atom is -0.497 e. The molecule has 0 N–H and O–H groups in total. The fraction of sp³-hybridized carbons (Fsp3) is 0.0500. The SMILES string of the molecule is COc1ccc(N(C(=O)c2ccccc2I)S(=O)(=O)c2ccc(Cl)cc2)cc1. The second-order valence-corrected chi connectivity index (χ2v) is 9.09. The number of hydrogen-bond donors (Lipinski definition) is 0. The normalized spacial score (nSPS) is 11.1. The molecule has 0 aliphatic heterocycles. The highest BCUT2D eigenvalue weighted by atomic mass is 127. The Kier molecular flexibility index (Phi) is 6.26. The van der Waals surface area contributed by atoms with Crippen molar-refractivity contribution in [3.63, 3.8) is 0 Å². The number of methoxy groups -OCH3 is 1. The minimum atomic E-state index is -4.17. The molecule has 0 aromatic heterocycles. The molecule has 0 atom stereocenters. The number of amides is 1. The van der Waals surface area contributed by atoms with Crippen LogP contribution in [0.5, 0.6) is 5.75 Å². The first-order chi connectivity index (χ1) is 13.3. The third-order valence-corrected chi connectivity index (χ3v) is 6.87. The first-order valence-electron chi connectivity index (χ1n) is 8.08. The zero-order valence-corrected chi connectivity index (χ0v) is 18.4. The second kappa shape index (κ2) is 8.50. The van der Waals surface area contributed by atoms with Gasteiger partial charge in [-0.05, 0) is 83.3 Å². The van der Waals surface area contributed by atoms with E-state index in [1.54, 1.807) is 36.4 Å². The van der Waals surface area contributed by atoms with Crippen LogP contribution in [0.3, 0.4) is 0 Å². The van der Waals surface area contributed by atoms with E-state index in [0.717, 1.165) is 4.31 Å². The van der Waals surface area contributed by atoms with Crippen molar-refractivity contribution in [1.82, 2.24) is 0 Å². The molecule has 8 heteroatoms. The van der Waals surface area contributed by atoms with Gasteiger partial charge in [0.05, 0.1) is 23.3 Å². The number of nitrogens with zero attached hydrogens (tertiary/aromatic N) is 1. The van der Waals surface area contributed by atoms with Crippen LogP contribution in [0, 0.1) is 3.57 Å². The number of hydrogen-bond acceptors (Lipinski definition) is 4. The molecule has 0 saturated heterocycles. The van der Waals surface area contributed by atoms with Crippen molar-refractivity contribution < 1.29 is 17.9 Å². The molecule has 144 valence electrons. The molecule has 0 spiro atoms. The van der Waals surface area contributed by atoms with Gasteiger partial charge >= 0.3 is 0 Å². The smallest absolute Gasteiger partial charge is 0.273 e. The summed E-state index contributed by atoms with van der Waals surface area (Å²) in [5.41, 5.74) is 0.497. The Morgan fingerprint density at radius 1 is 0.964 bits per heavy atom. The number of benzene rings is 3. The van der Waals surface area contributed by atoms with Gasteiger partial charge in [-0.3, -0.25) is 4.79 Å². The lowest BCUT2D eigenvalue weighted by Gasteiger charge is -2.23. The molecule has 0 saturated carbocycles. The summed E-state index contributed by atoms with van der Waals surface area (Å²) in [5.74, 6) is -0.0977.